The van der Waals surface area contributed by atoms with Gasteiger partial charge >= 0.3 is 0 Å². The number of halogens is 3. The summed E-state index contributed by atoms with van der Waals surface area (Å²) in [7, 11) is 0. The molecule has 2 heterocycles. The van der Waals surface area contributed by atoms with Crippen LogP contribution in [-0.4, -0.2) is 29.3 Å². The van der Waals surface area contributed by atoms with Crippen LogP contribution in [0.15, 0.2) is 66.7 Å². The standard InChI is InChI=1S/C21H21Cl2N2O.C6H5FO2.Y/c22-10-1-2-12-26-16-6-3-14(4-7-16)20-21-17(9-11-24-20)18-13-15(23)5-8-19(18)25-21;7-5-1-3-6(9-8)4-2-5;/h3-8,13,20,25H,1-2,9-12H2;1-4,8H;/q-1;;. The molecule has 9 heteroatoms. The number of hydrogen-bond donors (Lipinski definition) is 2. The maximum atomic E-state index is 12.1. The monoisotopic (exact) mass is 604 g/mol. The van der Waals surface area contributed by atoms with E-state index in [0.29, 0.717) is 12.5 Å². The average Bonchev–Trinajstić information content (AvgIpc) is 3.26. The topological polar surface area (TPSA) is 68.6 Å². The Labute approximate surface area is 245 Å². The first-order valence-electron chi connectivity index (χ1n) is 11.4. The molecule has 5 nitrogen and oxygen atoms in total. The number of unbranched alkanes of at least 4 members (excludes halogenated alkanes) is 1. The molecule has 1 unspecified atom stereocenters. The predicted octanol–water partition coefficient (Wildman–Crippen LogP) is 7.91. The fourth-order valence-electron chi connectivity index (χ4n) is 4.04. The molecule has 4 aromatic rings. The molecule has 36 heavy (non-hydrogen) atoms. The summed E-state index contributed by atoms with van der Waals surface area (Å²) in [5.41, 5.74) is 4.82. The first kappa shape index (κ1) is 28.9. The van der Waals surface area contributed by atoms with Crippen LogP contribution in [0.2, 0.25) is 5.02 Å². The van der Waals surface area contributed by atoms with Crippen molar-refractivity contribution < 1.29 is 52.0 Å². The zero-order valence-electron chi connectivity index (χ0n) is 19.6. The molecule has 187 valence electrons. The minimum Gasteiger partial charge on any atom is -0.650 e. The summed E-state index contributed by atoms with van der Waals surface area (Å²) in [4.78, 5) is 7.36. The molecule has 2 N–H and O–H groups in total. The van der Waals surface area contributed by atoms with Crippen molar-refractivity contribution >= 4 is 34.1 Å². The molecule has 0 aliphatic carbocycles. The van der Waals surface area contributed by atoms with E-state index < -0.39 is 0 Å². The molecule has 1 aromatic heterocycles. The Morgan fingerprint density at radius 2 is 1.72 bits per heavy atom. The average molecular weight is 605 g/mol. The third-order valence-corrected chi connectivity index (χ3v) is 6.26. The van der Waals surface area contributed by atoms with Gasteiger partial charge in [-0.15, -0.1) is 18.1 Å². The number of hydrogen-bond acceptors (Lipinski definition) is 3. The van der Waals surface area contributed by atoms with Gasteiger partial charge in [-0.1, -0.05) is 35.3 Å². The van der Waals surface area contributed by atoms with Crippen molar-refractivity contribution in [1.82, 2.24) is 4.98 Å². The molecule has 0 fully saturated rings. The predicted molar refractivity (Wildman–Crippen MR) is 139 cm³/mol. The molecule has 1 atom stereocenters. The number of aromatic amines is 1. The Morgan fingerprint density at radius 1 is 1.00 bits per heavy atom. The number of nitrogens with zero attached hydrogens (tertiary/aromatic N) is 1. The van der Waals surface area contributed by atoms with Gasteiger partial charge in [0.25, 0.3) is 0 Å². The third kappa shape index (κ3) is 7.44. The van der Waals surface area contributed by atoms with Crippen molar-refractivity contribution in [3.8, 4) is 11.5 Å². The van der Waals surface area contributed by atoms with E-state index in [1.807, 2.05) is 30.3 Å². The molecule has 1 aliphatic rings. The summed E-state index contributed by atoms with van der Waals surface area (Å²) in [6.45, 7) is 1.53. The maximum Gasteiger partial charge on any atom is 0.165 e. The summed E-state index contributed by atoms with van der Waals surface area (Å²) in [5, 5.41) is 14.8. The Kier molecular flexibility index (Phi) is 11.5. The smallest absolute Gasteiger partial charge is 0.165 e. The van der Waals surface area contributed by atoms with Gasteiger partial charge in [-0.05, 0) is 79.4 Å². The van der Waals surface area contributed by atoms with Gasteiger partial charge in [0.15, 0.2) is 5.75 Å². The SMILES string of the molecule is ClCCCCOc1ccc(C2[N-]CCc3c2[nH]c2ccc(Cl)cc32)cc1.OOc1ccc(F)cc1.[Y]. The second-order valence-corrected chi connectivity index (χ2v) is 8.94. The first-order valence-corrected chi connectivity index (χ1v) is 12.3. The number of ether oxygens (including phenoxy) is 1. The summed E-state index contributed by atoms with van der Waals surface area (Å²) >= 11 is 11.9. The molecule has 0 amide bonds. The molecule has 0 bridgehead atoms. The number of aromatic nitrogens is 1. The van der Waals surface area contributed by atoms with Crippen molar-refractivity contribution in [3.63, 3.8) is 0 Å². The van der Waals surface area contributed by atoms with Gasteiger partial charge in [-0.2, -0.15) is 0 Å². The summed E-state index contributed by atoms with van der Waals surface area (Å²) in [6, 6.07) is 19.4. The number of nitrogens with one attached hydrogen (secondary N) is 1. The van der Waals surface area contributed by atoms with Crippen LogP contribution in [0, 0.1) is 5.82 Å². The van der Waals surface area contributed by atoms with E-state index in [-0.39, 0.29) is 50.3 Å². The Bertz CT molecular complexity index is 1240. The molecule has 5 rings (SSSR count). The maximum absolute atomic E-state index is 12.1. The zero-order chi connectivity index (χ0) is 24.6. The number of rotatable bonds is 7. The summed E-state index contributed by atoms with van der Waals surface area (Å²) < 4.78 is 17.9. The van der Waals surface area contributed by atoms with E-state index >= 15 is 0 Å². The molecule has 0 spiro atoms. The van der Waals surface area contributed by atoms with Crippen LogP contribution in [0.1, 0.15) is 35.7 Å². The van der Waals surface area contributed by atoms with E-state index in [1.165, 1.54) is 46.5 Å². The second-order valence-electron chi connectivity index (χ2n) is 8.12. The van der Waals surface area contributed by atoms with Crippen LogP contribution in [0.5, 0.6) is 11.5 Å². The van der Waals surface area contributed by atoms with Gasteiger partial charge in [0.1, 0.15) is 11.6 Å². The number of H-pyrrole nitrogens is 1. The van der Waals surface area contributed by atoms with Crippen molar-refractivity contribution in [1.29, 1.82) is 0 Å². The first-order chi connectivity index (χ1) is 17.1. The molecule has 0 saturated heterocycles. The molecule has 0 saturated carbocycles. The van der Waals surface area contributed by atoms with Crippen LogP contribution >= 0.6 is 23.2 Å². The third-order valence-electron chi connectivity index (χ3n) is 5.76. The van der Waals surface area contributed by atoms with Crippen molar-refractivity contribution in [2.45, 2.75) is 25.3 Å². The van der Waals surface area contributed by atoms with Crippen LogP contribution in [0.4, 0.5) is 4.39 Å². The number of alkyl halides is 1. The van der Waals surface area contributed by atoms with Gasteiger partial charge in [-0.3, -0.25) is 0 Å². The second kappa shape index (κ2) is 14.3. The Morgan fingerprint density at radius 3 is 2.42 bits per heavy atom. The van der Waals surface area contributed by atoms with Crippen molar-refractivity contribution in [3.05, 3.63) is 99.7 Å². The summed E-state index contributed by atoms with van der Waals surface area (Å²) in [5.74, 6) is 1.46. The van der Waals surface area contributed by atoms with Crippen molar-refractivity contribution in [2.75, 3.05) is 19.0 Å². The van der Waals surface area contributed by atoms with E-state index in [2.05, 4.69) is 22.0 Å². The minimum atomic E-state index is -0.351. The van der Waals surface area contributed by atoms with Gasteiger partial charge in [-0.25, -0.2) is 9.65 Å². The number of benzene rings is 3. The molecular formula is C27H26Cl2FN2O3Y-. The normalized spacial score (nSPS) is 14.3. The fraction of sp³-hybridized carbons (Fsp3) is 0.259. The van der Waals surface area contributed by atoms with E-state index in [1.54, 1.807) is 0 Å². The van der Waals surface area contributed by atoms with Crippen LogP contribution in [-0.2, 0) is 39.1 Å². The minimum absolute atomic E-state index is 0. The molecular weight excluding hydrogens is 579 g/mol. The van der Waals surface area contributed by atoms with Gasteiger partial charge in [0.05, 0.1) is 6.61 Å². The van der Waals surface area contributed by atoms with Gasteiger partial charge < -0.3 is 19.9 Å². The van der Waals surface area contributed by atoms with Gasteiger partial charge in [0, 0.05) is 60.2 Å². The summed E-state index contributed by atoms with van der Waals surface area (Å²) in [6.07, 6.45) is 2.91. The largest absolute Gasteiger partial charge is 0.650 e. The molecule has 1 radical (unpaired) electrons. The fourth-order valence-corrected chi connectivity index (χ4v) is 4.40. The quantitative estimate of drug-likeness (QED) is 0.0974. The molecule has 3 aromatic carbocycles. The van der Waals surface area contributed by atoms with Crippen LogP contribution in [0.3, 0.4) is 0 Å². The number of fused-ring (bicyclic) bond motifs is 3. The van der Waals surface area contributed by atoms with E-state index in [9.17, 15) is 4.39 Å². The zero-order valence-corrected chi connectivity index (χ0v) is 23.9. The van der Waals surface area contributed by atoms with E-state index in [4.69, 9.17) is 38.5 Å². The molecule has 1 aliphatic heterocycles. The van der Waals surface area contributed by atoms with Crippen LogP contribution in [0.25, 0.3) is 16.2 Å². The van der Waals surface area contributed by atoms with Gasteiger partial charge in [0.2, 0.25) is 0 Å². The van der Waals surface area contributed by atoms with Crippen molar-refractivity contribution in [2.24, 2.45) is 0 Å². The Balaban J connectivity index is 0.000000307. The Hall–Kier alpha value is -1.67. The van der Waals surface area contributed by atoms with E-state index in [0.717, 1.165) is 42.1 Å². The van der Waals surface area contributed by atoms with Crippen LogP contribution < -0.4 is 9.62 Å².